The van der Waals surface area contributed by atoms with Gasteiger partial charge in [0.15, 0.2) is 0 Å². The van der Waals surface area contributed by atoms with Gasteiger partial charge >= 0.3 is 0 Å². The first-order valence-electron chi connectivity index (χ1n) is 7.52. The van der Waals surface area contributed by atoms with Crippen molar-refractivity contribution in [1.82, 2.24) is 10.2 Å². The first kappa shape index (κ1) is 17.9. The van der Waals surface area contributed by atoms with Crippen molar-refractivity contribution in [2.75, 3.05) is 40.0 Å². The number of methoxy groups -OCH3 is 1. The highest BCUT2D eigenvalue weighted by atomic mass is 16.5. The Hall–Kier alpha value is -1.18. The number of nitrogens with two attached hydrogens (primary N) is 1. The minimum Gasteiger partial charge on any atom is -0.396 e. The van der Waals surface area contributed by atoms with Crippen LogP contribution in [0.5, 0.6) is 0 Å². The molecule has 0 saturated carbocycles. The van der Waals surface area contributed by atoms with E-state index in [1.807, 2.05) is 0 Å². The second-order valence-corrected chi connectivity index (χ2v) is 5.36. The minimum atomic E-state index is -0.528. The van der Waals surface area contributed by atoms with Crippen molar-refractivity contribution in [3.63, 3.8) is 0 Å². The lowest BCUT2D eigenvalue weighted by molar-refractivity contribution is -0.137. The average molecular weight is 301 g/mol. The summed E-state index contributed by atoms with van der Waals surface area (Å²) >= 11 is 0. The molecule has 1 unspecified atom stereocenters. The van der Waals surface area contributed by atoms with Crippen LogP contribution in [-0.4, -0.2) is 67.8 Å². The Morgan fingerprint density at radius 3 is 2.67 bits per heavy atom. The van der Waals surface area contributed by atoms with Crippen molar-refractivity contribution in [2.45, 2.75) is 31.7 Å². The topological polar surface area (TPSA) is 105 Å². The lowest BCUT2D eigenvalue weighted by Crippen LogP contribution is -2.49. The molecular formula is C14H27N3O4. The Morgan fingerprint density at radius 1 is 1.43 bits per heavy atom. The number of hydrogen-bond donors (Lipinski definition) is 3. The molecule has 1 saturated heterocycles. The monoisotopic (exact) mass is 301 g/mol. The van der Waals surface area contributed by atoms with E-state index in [-0.39, 0.29) is 24.3 Å². The number of carbonyl (C=O) groups is 2. The zero-order chi connectivity index (χ0) is 15.7. The van der Waals surface area contributed by atoms with Gasteiger partial charge in [-0.1, -0.05) is 0 Å². The smallest absolute Gasteiger partial charge is 0.239 e. The minimum absolute atomic E-state index is 0.0132. The first-order valence-corrected chi connectivity index (χ1v) is 7.52. The van der Waals surface area contributed by atoms with Crippen molar-refractivity contribution in [3.8, 4) is 0 Å². The van der Waals surface area contributed by atoms with E-state index in [4.69, 9.17) is 15.6 Å². The molecule has 0 aliphatic carbocycles. The summed E-state index contributed by atoms with van der Waals surface area (Å²) in [5.41, 5.74) is 5.84. The standard InChI is InChI=1S/C14H27N3O4/c1-21-10-5-12(15)14(20)17-7-3-11(4-8-17)13(19)16-6-2-9-18/h11-12,18H,2-10,15H2,1H3,(H,16,19). The van der Waals surface area contributed by atoms with E-state index in [9.17, 15) is 9.59 Å². The predicted octanol–water partition coefficient (Wildman–Crippen LogP) is -0.913. The van der Waals surface area contributed by atoms with Crippen LogP contribution in [0.3, 0.4) is 0 Å². The second kappa shape index (κ2) is 9.70. The second-order valence-electron chi connectivity index (χ2n) is 5.36. The predicted molar refractivity (Wildman–Crippen MR) is 78.5 cm³/mol. The molecule has 1 rings (SSSR count). The Bertz CT molecular complexity index is 330. The molecule has 1 fully saturated rings. The van der Waals surface area contributed by atoms with Gasteiger partial charge in [0.2, 0.25) is 11.8 Å². The maximum Gasteiger partial charge on any atom is 0.239 e. The molecule has 1 heterocycles. The molecule has 21 heavy (non-hydrogen) atoms. The van der Waals surface area contributed by atoms with E-state index < -0.39 is 6.04 Å². The van der Waals surface area contributed by atoms with Gasteiger partial charge in [0.1, 0.15) is 0 Å². The number of aliphatic hydroxyl groups excluding tert-OH is 1. The zero-order valence-electron chi connectivity index (χ0n) is 12.7. The summed E-state index contributed by atoms with van der Waals surface area (Å²) in [6, 6.07) is -0.528. The van der Waals surface area contributed by atoms with Gasteiger partial charge in [0.05, 0.1) is 6.04 Å². The Labute approximate surface area is 125 Å². The molecule has 0 bridgehead atoms. The average Bonchev–Trinajstić information content (AvgIpc) is 2.52. The van der Waals surface area contributed by atoms with E-state index in [0.29, 0.717) is 51.9 Å². The van der Waals surface area contributed by atoms with Gasteiger partial charge in [-0.25, -0.2) is 0 Å². The fraction of sp³-hybridized carbons (Fsp3) is 0.857. The Balaban J connectivity index is 2.31. The number of amides is 2. The van der Waals surface area contributed by atoms with Crippen LogP contribution < -0.4 is 11.1 Å². The third kappa shape index (κ3) is 5.99. The Morgan fingerprint density at radius 2 is 2.10 bits per heavy atom. The van der Waals surface area contributed by atoms with Gasteiger partial charge in [0, 0.05) is 45.9 Å². The normalized spacial score (nSPS) is 17.6. The number of likely N-dealkylation sites (tertiary alicyclic amines) is 1. The molecule has 0 aromatic heterocycles. The summed E-state index contributed by atoms with van der Waals surface area (Å²) in [5.74, 6) is -0.103. The number of ether oxygens (including phenoxy) is 1. The summed E-state index contributed by atoms with van der Waals surface area (Å²) in [6.45, 7) is 2.18. The highest BCUT2D eigenvalue weighted by Crippen LogP contribution is 2.18. The van der Waals surface area contributed by atoms with Crippen LogP contribution in [0.4, 0.5) is 0 Å². The van der Waals surface area contributed by atoms with E-state index in [1.165, 1.54) is 0 Å². The number of nitrogens with zero attached hydrogens (tertiary/aromatic N) is 1. The summed E-state index contributed by atoms with van der Waals surface area (Å²) in [4.78, 5) is 25.7. The summed E-state index contributed by atoms with van der Waals surface area (Å²) in [6.07, 6.45) is 2.40. The van der Waals surface area contributed by atoms with Gasteiger partial charge in [-0.3, -0.25) is 9.59 Å². The fourth-order valence-electron chi connectivity index (χ4n) is 2.40. The highest BCUT2D eigenvalue weighted by molar-refractivity contribution is 5.82. The number of rotatable bonds is 8. The largest absolute Gasteiger partial charge is 0.396 e. The van der Waals surface area contributed by atoms with Crippen LogP contribution in [0.2, 0.25) is 0 Å². The van der Waals surface area contributed by atoms with Crippen molar-refractivity contribution in [1.29, 1.82) is 0 Å². The van der Waals surface area contributed by atoms with E-state index in [2.05, 4.69) is 5.32 Å². The fourth-order valence-corrected chi connectivity index (χ4v) is 2.40. The molecule has 7 heteroatoms. The third-order valence-corrected chi connectivity index (χ3v) is 3.76. The van der Waals surface area contributed by atoms with Crippen LogP contribution in [0.1, 0.15) is 25.7 Å². The van der Waals surface area contributed by atoms with Gasteiger partial charge in [0.25, 0.3) is 0 Å². The highest BCUT2D eigenvalue weighted by Gasteiger charge is 2.29. The van der Waals surface area contributed by atoms with Crippen molar-refractivity contribution < 1.29 is 19.4 Å². The summed E-state index contributed by atoms with van der Waals surface area (Å²) in [5, 5.41) is 11.5. The zero-order valence-corrected chi connectivity index (χ0v) is 12.7. The molecule has 122 valence electrons. The molecule has 1 atom stereocenters. The lowest BCUT2D eigenvalue weighted by Gasteiger charge is -2.33. The molecule has 0 spiro atoms. The molecule has 7 nitrogen and oxygen atoms in total. The molecular weight excluding hydrogens is 274 g/mol. The van der Waals surface area contributed by atoms with Gasteiger partial charge < -0.3 is 25.8 Å². The Kier molecular flexibility index (Phi) is 8.26. The van der Waals surface area contributed by atoms with E-state index in [1.54, 1.807) is 12.0 Å². The van der Waals surface area contributed by atoms with Crippen molar-refractivity contribution in [3.05, 3.63) is 0 Å². The molecule has 2 amide bonds. The van der Waals surface area contributed by atoms with Crippen LogP contribution in [0.25, 0.3) is 0 Å². The number of aliphatic hydroxyl groups is 1. The van der Waals surface area contributed by atoms with Crippen LogP contribution in [-0.2, 0) is 14.3 Å². The molecule has 1 aliphatic rings. The van der Waals surface area contributed by atoms with Crippen LogP contribution in [0.15, 0.2) is 0 Å². The molecule has 0 aromatic carbocycles. The molecule has 1 aliphatic heterocycles. The van der Waals surface area contributed by atoms with Crippen LogP contribution >= 0.6 is 0 Å². The number of nitrogens with one attached hydrogen (secondary N) is 1. The molecule has 0 radical (unpaired) electrons. The SMILES string of the molecule is COCCC(N)C(=O)N1CCC(C(=O)NCCCO)CC1. The maximum absolute atomic E-state index is 12.1. The summed E-state index contributed by atoms with van der Waals surface area (Å²) < 4.78 is 4.92. The van der Waals surface area contributed by atoms with Crippen molar-refractivity contribution >= 4 is 11.8 Å². The number of carbonyl (C=O) groups excluding carboxylic acids is 2. The number of hydrogen-bond acceptors (Lipinski definition) is 5. The molecule has 4 N–H and O–H groups in total. The number of piperidine rings is 1. The van der Waals surface area contributed by atoms with Gasteiger partial charge in [-0.05, 0) is 25.7 Å². The van der Waals surface area contributed by atoms with Gasteiger partial charge in [-0.2, -0.15) is 0 Å². The van der Waals surface area contributed by atoms with E-state index in [0.717, 1.165) is 0 Å². The van der Waals surface area contributed by atoms with Crippen LogP contribution in [0, 0.1) is 5.92 Å². The maximum atomic E-state index is 12.1. The lowest BCUT2D eigenvalue weighted by atomic mass is 9.95. The van der Waals surface area contributed by atoms with Crippen molar-refractivity contribution in [2.24, 2.45) is 11.7 Å². The summed E-state index contributed by atoms with van der Waals surface area (Å²) in [7, 11) is 1.58. The molecule has 0 aromatic rings. The van der Waals surface area contributed by atoms with Gasteiger partial charge in [-0.15, -0.1) is 0 Å². The van der Waals surface area contributed by atoms with E-state index >= 15 is 0 Å². The first-order chi connectivity index (χ1) is 10.1. The third-order valence-electron chi connectivity index (χ3n) is 3.76. The quantitative estimate of drug-likeness (QED) is 0.503.